The van der Waals surface area contributed by atoms with Crippen LogP contribution in [0.25, 0.3) is 5.76 Å². The number of ketones is 1. The number of aliphatic hydroxyl groups excluding tert-OH is 1. The fourth-order valence-electron chi connectivity index (χ4n) is 4.04. The van der Waals surface area contributed by atoms with Gasteiger partial charge in [0.05, 0.1) is 24.8 Å². The van der Waals surface area contributed by atoms with Gasteiger partial charge >= 0.3 is 0 Å². The van der Waals surface area contributed by atoms with Crippen molar-refractivity contribution in [1.29, 1.82) is 0 Å². The van der Waals surface area contributed by atoms with Gasteiger partial charge in [-0.2, -0.15) is 0 Å². The molecule has 1 aliphatic heterocycles. The second-order valence-corrected chi connectivity index (χ2v) is 8.53. The molecule has 1 atom stereocenters. The van der Waals surface area contributed by atoms with E-state index in [1.807, 2.05) is 57.1 Å². The second kappa shape index (κ2) is 11.7. The first-order chi connectivity index (χ1) is 16.4. The van der Waals surface area contributed by atoms with Gasteiger partial charge in [0.15, 0.2) is 0 Å². The zero-order valence-corrected chi connectivity index (χ0v) is 20.4. The Labute approximate surface area is 201 Å². The summed E-state index contributed by atoms with van der Waals surface area (Å²) in [5, 5.41) is 11.2. The zero-order chi connectivity index (χ0) is 24.7. The van der Waals surface area contributed by atoms with Crippen LogP contribution in [0.2, 0.25) is 0 Å². The molecule has 1 saturated heterocycles. The molecule has 182 valence electrons. The molecule has 0 spiro atoms. The predicted octanol–water partition coefficient (Wildman–Crippen LogP) is 4.25. The second-order valence-electron chi connectivity index (χ2n) is 8.53. The smallest absolute Gasteiger partial charge is 0.295 e. The molecule has 1 fully saturated rings. The molecule has 0 saturated carbocycles. The van der Waals surface area contributed by atoms with Crippen molar-refractivity contribution in [3.8, 4) is 11.5 Å². The van der Waals surface area contributed by atoms with Crippen LogP contribution in [-0.4, -0.2) is 67.0 Å². The summed E-state index contributed by atoms with van der Waals surface area (Å²) in [6, 6.07) is 13.6. The number of aliphatic hydroxyl groups is 1. The minimum atomic E-state index is -0.695. The first-order valence-electron chi connectivity index (χ1n) is 11.8. The summed E-state index contributed by atoms with van der Waals surface area (Å²) in [5.74, 6) is -0.140. The maximum atomic E-state index is 13.2. The van der Waals surface area contributed by atoms with Gasteiger partial charge in [0.1, 0.15) is 17.3 Å². The number of amides is 1. The fraction of sp³-hybridized carbons (Fsp3) is 0.407. The Morgan fingerprint density at radius 1 is 1.03 bits per heavy atom. The van der Waals surface area contributed by atoms with E-state index in [1.54, 1.807) is 29.2 Å². The van der Waals surface area contributed by atoms with Crippen molar-refractivity contribution >= 4 is 17.4 Å². The third-order valence-electron chi connectivity index (χ3n) is 5.63. The number of nitrogens with zero attached hydrogens (tertiary/aromatic N) is 2. The van der Waals surface area contributed by atoms with E-state index in [0.717, 1.165) is 18.5 Å². The molecule has 0 aliphatic carbocycles. The summed E-state index contributed by atoms with van der Waals surface area (Å²) in [6.45, 7) is 6.19. The molecule has 1 amide bonds. The van der Waals surface area contributed by atoms with Gasteiger partial charge in [-0.1, -0.05) is 19.1 Å². The number of hydrogen-bond donors (Lipinski definition) is 1. The molecule has 1 heterocycles. The highest BCUT2D eigenvalue weighted by molar-refractivity contribution is 6.46. The largest absolute Gasteiger partial charge is 0.507 e. The molecule has 1 N–H and O–H groups in total. The highest BCUT2D eigenvalue weighted by Crippen LogP contribution is 2.40. The number of benzene rings is 2. The highest BCUT2D eigenvalue weighted by atomic mass is 16.5. The Morgan fingerprint density at radius 2 is 1.76 bits per heavy atom. The quantitative estimate of drug-likeness (QED) is 0.303. The lowest BCUT2D eigenvalue weighted by Gasteiger charge is -2.26. The molecule has 7 heteroatoms. The molecule has 34 heavy (non-hydrogen) atoms. The zero-order valence-electron chi connectivity index (χ0n) is 20.4. The average molecular weight is 467 g/mol. The van der Waals surface area contributed by atoms with Crippen LogP contribution in [0, 0.1) is 0 Å². The number of rotatable bonds is 11. The Bertz CT molecular complexity index is 1030. The number of carbonyl (C=O) groups is 2. The van der Waals surface area contributed by atoms with Crippen molar-refractivity contribution in [2.75, 3.05) is 40.4 Å². The van der Waals surface area contributed by atoms with E-state index in [-0.39, 0.29) is 11.3 Å². The molecule has 3 rings (SSSR count). The van der Waals surface area contributed by atoms with Gasteiger partial charge in [0.2, 0.25) is 0 Å². The Hall–Kier alpha value is -3.32. The molecule has 0 radical (unpaired) electrons. The topological polar surface area (TPSA) is 79.3 Å². The van der Waals surface area contributed by atoms with E-state index in [9.17, 15) is 14.7 Å². The summed E-state index contributed by atoms with van der Waals surface area (Å²) in [4.78, 5) is 29.8. The van der Waals surface area contributed by atoms with Crippen LogP contribution in [0.1, 0.15) is 43.9 Å². The van der Waals surface area contributed by atoms with E-state index in [1.165, 1.54) is 0 Å². The van der Waals surface area contributed by atoms with Crippen molar-refractivity contribution in [2.45, 2.75) is 32.7 Å². The molecule has 0 unspecified atom stereocenters. The highest BCUT2D eigenvalue weighted by Gasteiger charge is 2.45. The third-order valence-corrected chi connectivity index (χ3v) is 5.63. The maximum absolute atomic E-state index is 13.2. The van der Waals surface area contributed by atoms with Crippen LogP contribution >= 0.6 is 0 Å². The molecular weight excluding hydrogens is 432 g/mol. The van der Waals surface area contributed by atoms with Crippen LogP contribution in [0.5, 0.6) is 11.5 Å². The van der Waals surface area contributed by atoms with E-state index in [0.29, 0.717) is 43.2 Å². The van der Waals surface area contributed by atoms with Crippen LogP contribution in [-0.2, 0) is 9.59 Å². The lowest BCUT2D eigenvalue weighted by atomic mass is 9.95. The Morgan fingerprint density at radius 3 is 2.41 bits per heavy atom. The molecule has 0 bridgehead atoms. The van der Waals surface area contributed by atoms with Crippen LogP contribution < -0.4 is 9.47 Å². The van der Waals surface area contributed by atoms with E-state index in [2.05, 4.69) is 0 Å². The van der Waals surface area contributed by atoms with Crippen molar-refractivity contribution in [3.05, 3.63) is 65.2 Å². The van der Waals surface area contributed by atoms with Gasteiger partial charge in [-0.25, -0.2) is 0 Å². The SMILES string of the molecule is CCCOc1cccc([C@@H]2/C(=C(\O)c3ccc(OCC)cc3)C(=O)C(=O)N2CCCN(C)C)c1. The fourth-order valence-corrected chi connectivity index (χ4v) is 4.04. The van der Waals surface area contributed by atoms with Gasteiger partial charge < -0.3 is 24.4 Å². The first kappa shape index (κ1) is 25.3. The van der Waals surface area contributed by atoms with E-state index < -0.39 is 17.7 Å². The Kier molecular flexibility index (Phi) is 8.71. The average Bonchev–Trinajstić information content (AvgIpc) is 3.08. The number of carbonyl (C=O) groups excluding carboxylic acids is 2. The summed E-state index contributed by atoms with van der Waals surface area (Å²) >= 11 is 0. The minimum absolute atomic E-state index is 0.0895. The molecule has 2 aromatic carbocycles. The summed E-state index contributed by atoms with van der Waals surface area (Å²) in [5.41, 5.74) is 1.27. The van der Waals surface area contributed by atoms with Crippen LogP contribution in [0.4, 0.5) is 0 Å². The lowest BCUT2D eigenvalue weighted by molar-refractivity contribution is -0.139. The molecule has 2 aromatic rings. The van der Waals surface area contributed by atoms with Crippen molar-refractivity contribution in [2.24, 2.45) is 0 Å². The monoisotopic (exact) mass is 466 g/mol. The standard InChI is InChI=1S/C27H34N2O5/c1-5-17-34-22-10-7-9-20(18-22)24-23(25(30)19-11-13-21(14-12-19)33-6-2)26(31)27(32)29(24)16-8-15-28(3)4/h7,9-14,18,24,30H,5-6,8,15-17H2,1-4H3/b25-23+/t24-/m1/s1. The Balaban J connectivity index is 2.05. The number of ether oxygens (including phenoxy) is 2. The van der Waals surface area contributed by atoms with E-state index in [4.69, 9.17) is 9.47 Å². The summed E-state index contributed by atoms with van der Waals surface area (Å²) in [7, 11) is 3.93. The molecule has 7 nitrogen and oxygen atoms in total. The van der Waals surface area contributed by atoms with Crippen molar-refractivity contribution < 1.29 is 24.2 Å². The third kappa shape index (κ3) is 5.78. The van der Waals surface area contributed by atoms with E-state index >= 15 is 0 Å². The number of Topliss-reactive ketones (excluding diaryl/α,β-unsaturated/α-hetero) is 1. The van der Waals surface area contributed by atoms with Gasteiger partial charge in [-0.05, 0) is 82.4 Å². The molecule has 1 aliphatic rings. The first-order valence-corrected chi connectivity index (χ1v) is 11.8. The molecular formula is C27H34N2O5. The number of likely N-dealkylation sites (tertiary alicyclic amines) is 1. The van der Waals surface area contributed by atoms with Crippen molar-refractivity contribution in [1.82, 2.24) is 9.80 Å². The van der Waals surface area contributed by atoms with Gasteiger partial charge in [-0.15, -0.1) is 0 Å². The van der Waals surface area contributed by atoms with Gasteiger partial charge in [-0.3, -0.25) is 9.59 Å². The van der Waals surface area contributed by atoms with Crippen LogP contribution in [0.3, 0.4) is 0 Å². The maximum Gasteiger partial charge on any atom is 0.295 e. The van der Waals surface area contributed by atoms with Crippen molar-refractivity contribution in [3.63, 3.8) is 0 Å². The summed E-state index contributed by atoms with van der Waals surface area (Å²) in [6.07, 6.45) is 1.57. The minimum Gasteiger partial charge on any atom is -0.507 e. The summed E-state index contributed by atoms with van der Waals surface area (Å²) < 4.78 is 11.3. The van der Waals surface area contributed by atoms with Crippen LogP contribution in [0.15, 0.2) is 54.1 Å². The molecule has 0 aromatic heterocycles. The van der Waals surface area contributed by atoms with Gasteiger partial charge in [0.25, 0.3) is 11.7 Å². The predicted molar refractivity (Wildman–Crippen MR) is 132 cm³/mol. The normalized spacial score (nSPS) is 17.4. The lowest BCUT2D eigenvalue weighted by Crippen LogP contribution is -2.32. The number of hydrogen-bond acceptors (Lipinski definition) is 6. The van der Waals surface area contributed by atoms with Gasteiger partial charge in [0, 0.05) is 12.1 Å².